The quantitative estimate of drug-likeness (QED) is 0.778. The van der Waals surface area contributed by atoms with Crippen LogP contribution < -0.4 is 10.1 Å². The summed E-state index contributed by atoms with van der Waals surface area (Å²) in [5, 5.41) is 3.69. The van der Waals surface area contributed by atoms with Crippen LogP contribution in [0.1, 0.15) is 31.9 Å². The molecule has 0 saturated carbocycles. The molecule has 0 heterocycles. The Balaban J connectivity index is 2.13. The topological polar surface area (TPSA) is 21.3 Å². The van der Waals surface area contributed by atoms with E-state index in [1.165, 1.54) is 18.2 Å². The summed E-state index contributed by atoms with van der Waals surface area (Å²) < 4.78 is 18.8. The van der Waals surface area contributed by atoms with Gasteiger partial charge in [-0.2, -0.15) is 0 Å². The smallest absolute Gasteiger partial charge is 0.146 e. The van der Waals surface area contributed by atoms with E-state index >= 15 is 0 Å². The fourth-order valence-electron chi connectivity index (χ4n) is 2.01. The van der Waals surface area contributed by atoms with Gasteiger partial charge in [0.05, 0.1) is 5.02 Å². The molecule has 0 saturated heterocycles. The molecule has 0 aliphatic heterocycles. The minimum atomic E-state index is -0.376. The number of hydrogen-bond donors (Lipinski definition) is 1. The van der Waals surface area contributed by atoms with Gasteiger partial charge in [-0.25, -0.2) is 4.39 Å². The molecule has 1 atom stereocenters. The molecule has 0 radical (unpaired) electrons. The average Bonchev–Trinajstić information content (AvgIpc) is 2.48. The van der Waals surface area contributed by atoms with E-state index in [1.54, 1.807) is 0 Å². The zero-order chi connectivity index (χ0) is 15.2. The van der Waals surface area contributed by atoms with Crippen molar-refractivity contribution in [3.63, 3.8) is 0 Å². The van der Waals surface area contributed by atoms with Crippen molar-refractivity contribution < 1.29 is 9.13 Å². The van der Waals surface area contributed by atoms with E-state index in [0.29, 0.717) is 11.5 Å². The standard InChI is InChI=1S/C17H19ClFNO/c1-3-9-20-12(2)13-5-4-6-15(10-13)21-17-8-7-14(19)11-16(17)18/h4-8,10-12,20H,3,9H2,1-2H3. The number of benzene rings is 2. The zero-order valence-corrected chi connectivity index (χ0v) is 13.0. The van der Waals surface area contributed by atoms with E-state index in [1.807, 2.05) is 24.3 Å². The molecule has 0 aliphatic carbocycles. The van der Waals surface area contributed by atoms with Crippen molar-refractivity contribution in [3.8, 4) is 11.5 Å². The maximum absolute atomic E-state index is 13.0. The largest absolute Gasteiger partial charge is 0.456 e. The molecule has 0 spiro atoms. The molecule has 1 N–H and O–H groups in total. The van der Waals surface area contributed by atoms with E-state index in [9.17, 15) is 4.39 Å². The molecular weight excluding hydrogens is 289 g/mol. The van der Waals surface area contributed by atoms with Crippen LogP contribution in [0.15, 0.2) is 42.5 Å². The normalized spacial score (nSPS) is 12.2. The molecular formula is C17H19ClFNO. The third-order valence-electron chi connectivity index (χ3n) is 3.18. The van der Waals surface area contributed by atoms with E-state index in [2.05, 4.69) is 19.2 Å². The molecule has 0 aliphatic rings. The molecule has 0 amide bonds. The molecule has 2 aromatic carbocycles. The van der Waals surface area contributed by atoms with Gasteiger partial charge in [0.25, 0.3) is 0 Å². The van der Waals surface area contributed by atoms with Crippen LogP contribution >= 0.6 is 11.6 Å². The summed E-state index contributed by atoms with van der Waals surface area (Å²) in [7, 11) is 0. The lowest BCUT2D eigenvalue weighted by molar-refractivity contribution is 0.478. The molecule has 0 bridgehead atoms. The Morgan fingerprint density at radius 1 is 1.24 bits per heavy atom. The first-order valence-electron chi connectivity index (χ1n) is 7.06. The second-order valence-corrected chi connectivity index (χ2v) is 5.33. The summed E-state index contributed by atoms with van der Waals surface area (Å²) in [4.78, 5) is 0. The van der Waals surface area contributed by atoms with Gasteiger partial charge >= 0.3 is 0 Å². The molecule has 1 unspecified atom stereocenters. The number of ether oxygens (including phenoxy) is 1. The maximum atomic E-state index is 13.0. The van der Waals surface area contributed by atoms with Crippen LogP contribution in [0, 0.1) is 5.82 Å². The Hall–Kier alpha value is -1.58. The van der Waals surface area contributed by atoms with Crippen LogP contribution in [-0.4, -0.2) is 6.54 Å². The van der Waals surface area contributed by atoms with Gasteiger partial charge in [0.2, 0.25) is 0 Å². The third-order valence-corrected chi connectivity index (χ3v) is 3.48. The fraction of sp³-hybridized carbons (Fsp3) is 0.294. The van der Waals surface area contributed by atoms with E-state index < -0.39 is 0 Å². The second kappa shape index (κ2) is 7.43. The second-order valence-electron chi connectivity index (χ2n) is 4.93. The summed E-state index contributed by atoms with van der Waals surface area (Å²) in [5.41, 5.74) is 1.14. The lowest BCUT2D eigenvalue weighted by Crippen LogP contribution is -2.19. The average molecular weight is 308 g/mol. The highest BCUT2D eigenvalue weighted by Gasteiger charge is 2.08. The first kappa shape index (κ1) is 15.8. The minimum absolute atomic E-state index is 0.247. The predicted octanol–water partition coefficient (Wildman–Crippen LogP) is 5.33. The fourth-order valence-corrected chi connectivity index (χ4v) is 2.22. The van der Waals surface area contributed by atoms with Crippen molar-refractivity contribution in [2.75, 3.05) is 6.54 Å². The van der Waals surface area contributed by atoms with Gasteiger partial charge in [0, 0.05) is 6.04 Å². The molecule has 2 aromatic rings. The Kier molecular flexibility index (Phi) is 5.59. The third kappa shape index (κ3) is 4.45. The van der Waals surface area contributed by atoms with Crippen LogP contribution in [0.25, 0.3) is 0 Å². The molecule has 0 fully saturated rings. The summed E-state index contributed by atoms with van der Waals surface area (Å²) >= 11 is 5.97. The Morgan fingerprint density at radius 2 is 2.05 bits per heavy atom. The summed E-state index contributed by atoms with van der Waals surface area (Å²) in [5.74, 6) is 0.758. The highest BCUT2D eigenvalue weighted by Crippen LogP contribution is 2.30. The van der Waals surface area contributed by atoms with E-state index in [4.69, 9.17) is 16.3 Å². The minimum Gasteiger partial charge on any atom is -0.456 e. The summed E-state index contributed by atoms with van der Waals surface area (Å²) in [6.07, 6.45) is 1.09. The zero-order valence-electron chi connectivity index (χ0n) is 12.2. The van der Waals surface area contributed by atoms with E-state index in [0.717, 1.165) is 18.5 Å². The van der Waals surface area contributed by atoms with Gasteiger partial charge in [-0.15, -0.1) is 0 Å². The Labute approximate surface area is 129 Å². The Bertz CT molecular complexity index is 603. The van der Waals surface area contributed by atoms with Gasteiger partial charge in [-0.1, -0.05) is 30.7 Å². The van der Waals surface area contributed by atoms with Crippen molar-refractivity contribution in [3.05, 3.63) is 58.9 Å². The van der Waals surface area contributed by atoms with Crippen LogP contribution in [0.4, 0.5) is 4.39 Å². The van der Waals surface area contributed by atoms with Gasteiger partial charge < -0.3 is 10.1 Å². The lowest BCUT2D eigenvalue weighted by atomic mass is 10.1. The molecule has 112 valence electrons. The van der Waals surface area contributed by atoms with Crippen molar-refractivity contribution in [1.29, 1.82) is 0 Å². The van der Waals surface area contributed by atoms with E-state index in [-0.39, 0.29) is 16.9 Å². The first-order chi connectivity index (χ1) is 10.1. The van der Waals surface area contributed by atoms with Crippen LogP contribution in [0.2, 0.25) is 5.02 Å². The predicted molar refractivity (Wildman–Crippen MR) is 84.6 cm³/mol. The summed E-state index contributed by atoms with van der Waals surface area (Å²) in [6, 6.07) is 12.2. The monoisotopic (exact) mass is 307 g/mol. The van der Waals surface area contributed by atoms with Gasteiger partial charge in [-0.05, 0) is 55.8 Å². The molecule has 21 heavy (non-hydrogen) atoms. The number of hydrogen-bond acceptors (Lipinski definition) is 2. The highest BCUT2D eigenvalue weighted by atomic mass is 35.5. The summed E-state index contributed by atoms with van der Waals surface area (Å²) in [6.45, 7) is 5.21. The van der Waals surface area contributed by atoms with Gasteiger partial charge in [0.15, 0.2) is 0 Å². The molecule has 0 aromatic heterocycles. The number of halogens is 2. The molecule has 2 nitrogen and oxygen atoms in total. The van der Waals surface area contributed by atoms with Crippen LogP contribution in [0.3, 0.4) is 0 Å². The van der Waals surface area contributed by atoms with Crippen molar-refractivity contribution in [2.45, 2.75) is 26.3 Å². The van der Waals surface area contributed by atoms with Crippen molar-refractivity contribution >= 4 is 11.6 Å². The van der Waals surface area contributed by atoms with Gasteiger partial charge in [0.1, 0.15) is 17.3 Å². The molecule has 4 heteroatoms. The lowest BCUT2D eigenvalue weighted by Gasteiger charge is -2.15. The van der Waals surface area contributed by atoms with Crippen molar-refractivity contribution in [1.82, 2.24) is 5.32 Å². The van der Waals surface area contributed by atoms with Gasteiger partial charge in [-0.3, -0.25) is 0 Å². The molecule has 2 rings (SSSR count). The SMILES string of the molecule is CCCNC(C)c1cccc(Oc2ccc(F)cc2Cl)c1. The number of nitrogens with one attached hydrogen (secondary N) is 1. The first-order valence-corrected chi connectivity index (χ1v) is 7.44. The van der Waals surface area contributed by atoms with Crippen LogP contribution in [0.5, 0.6) is 11.5 Å². The van der Waals surface area contributed by atoms with Crippen LogP contribution in [-0.2, 0) is 0 Å². The maximum Gasteiger partial charge on any atom is 0.146 e. The number of rotatable bonds is 6. The van der Waals surface area contributed by atoms with Crippen molar-refractivity contribution in [2.24, 2.45) is 0 Å². The highest BCUT2D eigenvalue weighted by molar-refractivity contribution is 6.32. The Morgan fingerprint density at radius 3 is 2.76 bits per heavy atom.